The number of nitriles is 1. The van der Waals surface area contributed by atoms with Crippen molar-refractivity contribution < 1.29 is 14.3 Å². The summed E-state index contributed by atoms with van der Waals surface area (Å²) in [5, 5.41) is 18.3. The molecular weight excluding hydrogens is 436 g/mol. The molecule has 2 aromatic heterocycles. The molecule has 1 aliphatic heterocycles. The van der Waals surface area contributed by atoms with Crippen molar-refractivity contribution in [3.63, 3.8) is 0 Å². The van der Waals surface area contributed by atoms with Crippen LogP contribution in [-0.2, 0) is 9.53 Å². The number of amides is 1. The Morgan fingerprint density at radius 3 is 2.82 bits per heavy atom. The van der Waals surface area contributed by atoms with Gasteiger partial charge in [-0.2, -0.15) is 10.4 Å². The van der Waals surface area contributed by atoms with Gasteiger partial charge in [0.05, 0.1) is 30.1 Å². The summed E-state index contributed by atoms with van der Waals surface area (Å²) in [4.78, 5) is 30.6. The van der Waals surface area contributed by atoms with Crippen molar-refractivity contribution in [3.8, 4) is 11.9 Å². The zero-order valence-corrected chi connectivity index (χ0v) is 19.3. The van der Waals surface area contributed by atoms with Gasteiger partial charge in [-0.15, -0.1) is 0 Å². The van der Waals surface area contributed by atoms with Crippen LogP contribution in [0.15, 0.2) is 29.3 Å². The van der Waals surface area contributed by atoms with Gasteiger partial charge in [0.1, 0.15) is 18.8 Å². The summed E-state index contributed by atoms with van der Waals surface area (Å²) < 4.78 is 11.6. The fourth-order valence-electron chi connectivity index (χ4n) is 4.63. The minimum atomic E-state index is -0.184. The maximum atomic E-state index is 12.4. The first-order chi connectivity index (χ1) is 16.5. The lowest BCUT2D eigenvalue weighted by atomic mass is 9.93. The largest absolute Gasteiger partial charge is 0.474 e. The third-order valence-electron chi connectivity index (χ3n) is 6.50. The van der Waals surface area contributed by atoms with Crippen LogP contribution < -0.4 is 20.5 Å². The van der Waals surface area contributed by atoms with Gasteiger partial charge in [0.25, 0.3) is 5.56 Å². The molecule has 2 N–H and O–H groups in total. The van der Waals surface area contributed by atoms with E-state index in [1.807, 2.05) is 6.07 Å². The number of carbonyl (C=O) groups excluding carboxylic acids is 1. The fraction of sp³-hybridized carbons (Fsp3) is 0.542. The summed E-state index contributed by atoms with van der Waals surface area (Å²) in [6.07, 6.45) is 8.52. The highest BCUT2D eigenvalue weighted by molar-refractivity contribution is 5.77. The Hall–Kier alpha value is -3.45. The first-order valence-corrected chi connectivity index (χ1v) is 11.7. The molecule has 1 amide bonds. The zero-order valence-electron chi connectivity index (χ0n) is 19.3. The van der Waals surface area contributed by atoms with Gasteiger partial charge in [0.15, 0.2) is 0 Å². The van der Waals surface area contributed by atoms with Crippen molar-refractivity contribution in [2.75, 3.05) is 24.7 Å². The number of hydrogen-bond acceptors (Lipinski definition) is 8. The molecule has 0 radical (unpaired) electrons. The maximum Gasteiger partial charge on any atom is 0.269 e. The summed E-state index contributed by atoms with van der Waals surface area (Å²) in [7, 11) is 0. The predicted octanol–water partition coefficient (Wildman–Crippen LogP) is 1.84. The number of nitrogens with zero attached hydrogens (tertiary/aromatic N) is 4. The van der Waals surface area contributed by atoms with Gasteiger partial charge in [-0.3, -0.25) is 9.59 Å². The van der Waals surface area contributed by atoms with Gasteiger partial charge in [0.2, 0.25) is 11.8 Å². The van der Waals surface area contributed by atoms with E-state index in [9.17, 15) is 9.59 Å². The van der Waals surface area contributed by atoms with Gasteiger partial charge in [-0.05, 0) is 51.5 Å². The van der Waals surface area contributed by atoms with E-state index in [2.05, 4.69) is 25.4 Å². The molecule has 4 rings (SSSR count). The summed E-state index contributed by atoms with van der Waals surface area (Å²) in [6, 6.07) is 5.67. The third-order valence-corrected chi connectivity index (χ3v) is 6.50. The number of pyridine rings is 1. The van der Waals surface area contributed by atoms with E-state index in [-0.39, 0.29) is 36.3 Å². The minimum absolute atomic E-state index is 0.0164. The smallest absolute Gasteiger partial charge is 0.269 e. The molecule has 0 aromatic carbocycles. The van der Waals surface area contributed by atoms with Crippen molar-refractivity contribution in [3.05, 3.63) is 46.0 Å². The van der Waals surface area contributed by atoms with Crippen LogP contribution in [0.25, 0.3) is 0 Å². The van der Waals surface area contributed by atoms with Crippen LogP contribution in [0.5, 0.6) is 5.88 Å². The average molecular weight is 467 g/mol. The predicted molar refractivity (Wildman–Crippen MR) is 125 cm³/mol. The van der Waals surface area contributed by atoms with Crippen LogP contribution in [0.2, 0.25) is 0 Å². The quantitative estimate of drug-likeness (QED) is 0.602. The van der Waals surface area contributed by atoms with Gasteiger partial charge in [0, 0.05) is 30.4 Å². The number of aromatic nitrogens is 3. The van der Waals surface area contributed by atoms with Crippen LogP contribution >= 0.6 is 0 Å². The Labute approximate surface area is 198 Å². The number of H-pyrrole nitrogens is 1. The molecule has 10 heteroatoms. The second-order valence-electron chi connectivity index (χ2n) is 8.87. The number of ether oxygens (including phenoxy) is 2. The Kier molecular flexibility index (Phi) is 7.75. The summed E-state index contributed by atoms with van der Waals surface area (Å²) in [5.41, 5.74) is 1.80. The number of hydrogen-bond donors (Lipinski definition) is 2. The standard InChI is InChI=1S/C24H30N6O4/c1-16-21(13-27-29-24(16)32)30-10-2-3-19(30)14-33-15-22(31)28-18-5-7-20(8-6-18)34-23-9-4-17(11-25)12-26-23/h4,9,12-13,18-20H,2-3,5-8,10,14-15H2,1H3,(H,28,31)(H,29,32)/t18?,19-,20?/m0/s1. The molecule has 2 fully saturated rings. The van der Waals surface area contributed by atoms with E-state index in [1.54, 1.807) is 25.3 Å². The highest BCUT2D eigenvalue weighted by Crippen LogP contribution is 2.26. The number of nitrogens with one attached hydrogen (secondary N) is 2. The molecule has 34 heavy (non-hydrogen) atoms. The van der Waals surface area contributed by atoms with Crippen molar-refractivity contribution in [2.24, 2.45) is 0 Å². The molecule has 1 aliphatic carbocycles. The molecule has 2 aromatic rings. The Morgan fingerprint density at radius 1 is 1.26 bits per heavy atom. The topological polar surface area (TPSA) is 133 Å². The van der Waals surface area contributed by atoms with E-state index in [1.165, 1.54) is 6.20 Å². The molecule has 1 saturated carbocycles. The molecular formula is C24H30N6O4. The Morgan fingerprint density at radius 2 is 2.09 bits per heavy atom. The zero-order chi connectivity index (χ0) is 23.9. The normalized spacial score (nSPS) is 22.2. The molecule has 3 heterocycles. The lowest BCUT2D eigenvalue weighted by Crippen LogP contribution is -2.42. The lowest BCUT2D eigenvalue weighted by Gasteiger charge is -2.29. The lowest BCUT2D eigenvalue weighted by molar-refractivity contribution is -0.126. The highest BCUT2D eigenvalue weighted by atomic mass is 16.5. The summed E-state index contributed by atoms with van der Waals surface area (Å²) in [6.45, 7) is 3.08. The second kappa shape index (κ2) is 11.1. The Balaban J connectivity index is 1.17. The third kappa shape index (κ3) is 5.91. The molecule has 0 spiro atoms. The van der Waals surface area contributed by atoms with Gasteiger partial charge in [-0.1, -0.05) is 0 Å². The average Bonchev–Trinajstić information content (AvgIpc) is 3.31. The van der Waals surface area contributed by atoms with Crippen LogP contribution in [-0.4, -0.2) is 59.0 Å². The molecule has 10 nitrogen and oxygen atoms in total. The fourth-order valence-corrected chi connectivity index (χ4v) is 4.63. The van der Waals surface area contributed by atoms with E-state index in [0.29, 0.717) is 23.6 Å². The molecule has 1 atom stereocenters. The SMILES string of the molecule is Cc1c(N2CCC[C@H]2COCC(=O)NC2CCC(Oc3ccc(C#N)cn3)CC2)cn[nH]c1=O. The minimum Gasteiger partial charge on any atom is -0.474 e. The van der Waals surface area contributed by atoms with Gasteiger partial charge in [-0.25, -0.2) is 10.1 Å². The van der Waals surface area contributed by atoms with Crippen LogP contribution in [0.4, 0.5) is 5.69 Å². The molecule has 1 saturated heterocycles. The molecule has 180 valence electrons. The number of carbonyl (C=O) groups is 1. The van der Waals surface area contributed by atoms with Crippen molar-refractivity contribution in [1.29, 1.82) is 5.26 Å². The number of anilines is 1. The Bertz CT molecular complexity index is 1070. The van der Waals surface area contributed by atoms with E-state index in [4.69, 9.17) is 14.7 Å². The first kappa shape index (κ1) is 23.7. The summed E-state index contributed by atoms with van der Waals surface area (Å²) >= 11 is 0. The molecule has 2 aliphatic rings. The second-order valence-corrected chi connectivity index (χ2v) is 8.87. The molecule has 0 unspecified atom stereocenters. The monoisotopic (exact) mass is 466 g/mol. The van der Waals surface area contributed by atoms with E-state index >= 15 is 0 Å². The first-order valence-electron chi connectivity index (χ1n) is 11.7. The van der Waals surface area contributed by atoms with Gasteiger partial charge < -0.3 is 19.7 Å². The van der Waals surface area contributed by atoms with E-state index < -0.39 is 0 Å². The van der Waals surface area contributed by atoms with Gasteiger partial charge >= 0.3 is 0 Å². The molecule has 0 bridgehead atoms. The maximum absolute atomic E-state index is 12.4. The summed E-state index contributed by atoms with van der Waals surface area (Å²) in [5.74, 6) is 0.406. The highest BCUT2D eigenvalue weighted by Gasteiger charge is 2.28. The van der Waals surface area contributed by atoms with Crippen molar-refractivity contribution in [1.82, 2.24) is 20.5 Å². The van der Waals surface area contributed by atoms with Crippen LogP contribution in [0.3, 0.4) is 0 Å². The number of rotatable bonds is 8. The van der Waals surface area contributed by atoms with Crippen LogP contribution in [0, 0.1) is 18.3 Å². The van der Waals surface area contributed by atoms with Crippen LogP contribution in [0.1, 0.15) is 49.7 Å². The number of aromatic amines is 1. The van der Waals surface area contributed by atoms with Crippen molar-refractivity contribution >= 4 is 11.6 Å². The van der Waals surface area contributed by atoms with E-state index in [0.717, 1.165) is 50.8 Å². The van der Waals surface area contributed by atoms with Crippen molar-refractivity contribution in [2.45, 2.75) is 63.6 Å².